The first kappa shape index (κ1) is 7.17. The zero-order valence-corrected chi connectivity index (χ0v) is 4.76. The van der Waals surface area contributed by atoms with Crippen LogP contribution in [0.25, 0.3) is 0 Å². The van der Waals surface area contributed by atoms with E-state index < -0.39 is 5.95 Å². The van der Waals surface area contributed by atoms with Crippen LogP contribution in [-0.2, 0) is 0 Å². The van der Waals surface area contributed by atoms with Gasteiger partial charge in [-0.05, 0) is 6.08 Å². The summed E-state index contributed by atoms with van der Waals surface area (Å²) in [5, 5.41) is 0.877. The summed E-state index contributed by atoms with van der Waals surface area (Å²) in [6, 6.07) is 0. The fourth-order valence-electron chi connectivity index (χ4n) is 0.215. The van der Waals surface area contributed by atoms with Crippen LogP contribution < -0.4 is 5.84 Å². The number of halogens is 1. The zero-order valence-electron chi connectivity index (χ0n) is 4.76. The van der Waals surface area contributed by atoms with Crippen molar-refractivity contribution in [2.75, 3.05) is 7.05 Å². The Bertz CT molecular complexity index is 107. The molecule has 0 aromatic carbocycles. The summed E-state index contributed by atoms with van der Waals surface area (Å²) in [4.78, 5) is 0. The van der Waals surface area contributed by atoms with E-state index in [1.165, 1.54) is 19.2 Å². The monoisotopic (exact) mass is 116 g/mol. The van der Waals surface area contributed by atoms with E-state index in [0.29, 0.717) is 0 Å². The first-order valence-electron chi connectivity index (χ1n) is 2.15. The highest BCUT2D eigenvalue weighted by molar-refractivity contribution is 5.00. The number of hydrazine groups is 1. The van der Waals surface area contributed by atoms with Gasteiger partial charge in [-0.3, -0.25) is 5.01 Å². The third kappa shape index (κ3) is 2.36. The lowest BCUT2D eigenvalue weighted by atomic mass is 10.6. The van der Waals surface area contributed by atoms with Gasteiger partial charge in [0.2, 0.25) is 5.95 Å². The molecule has 0 aliphatic heterocycles. The van der Waals surface area contributed by atoms with Crippen LogP contribution in [0.3, 0.4) is 0 Å². The molecule has 0 aliphatic carbocycles. The van der Waals surface area contributed by atoms with E-state index in [9.17, 15) is 4.39 Å². The standard InChI is InChI=1S/C5H9FN2/c1-3-4-5(6)8(2)7/h3-4H,1,7H2,2H3/b5-4-. The Morgan fingerprint density at radius 3 is 2.50 bits per heavy atom. The Balaban J connectivity index is 3.78. The maximum Gasteiger partial charge on any atom is 0.203 e. The molecule has 3 heteroatoms. The van der Waals surface area contributed by atoms with Crippen LogP contribution in [0.4, 0.5) is 4.39 Å². The molecule has 0 amide bonds. The van der Waals surface area contributed by atoms with Crippen molar-refractivity contribution in [1.82, 2.24) is 5.01 Å². The van der Waals surface area contributed by atoms with Crippen molar-refractivity contribution in [3.05, 3.63) is 24.7 Å². The highest BCUT2D eigenvalue weighted by atomic mass is 19.1. The van der Waals surface area contributed by atoms with E-state index in [1.807, 2.05) is 0 Å². The van der Waals surface area contributed by atoms with Gasteiger partial charge in [0.1, 0.15) is 0 Å². The highest BCUT2D eigenvalue weighted by Crippen LogP contribution is 1.95. The molecule has 0 saturated carbocycles. The topological polar surface area (TPSA) is 29.3 Å². The average molecular weight is 116 g/mol. The van der Waals surface area contributed by atoms with E-state index in [0.717, 1.165) is 5.01 Å². The van der Waals surface area contributed by atoms with E-state index in [4.69, 9.17) is 5.84 Å². The Labute approximate surface area is 48.1 Å². The fourth-order valence-corrected chi connectivity index (χ4v) is 0.215. The molecule has 0 radical (unpaired) electrons. The lowest BCUT2D eigenvalue weighted by Gasteiger charge is -2.05. The van der Waals surface area contributed by atoms with E-state index in [2.05, 4.69) is 6.58 Å². The number of nitrogens with zero attached hydrogens (tertiary/aromatic N) is 1. The number of rotatable bonds is 2. The predicted molar refractivity (Wildman–Crippen MR) is 31.3 cm³/mol. The number of allylic oxidation sites excluding steroid dienone is 2. The molecule has 0 atom stereocenters. The van der Waals surface area contributed by atoms with Crippen LogP contribution >= 0.6 is 0 Å². The van der Waals surface area contributed by atoms with Crippen molar-refractivity contribution in [2.45, 2.75) is 0 Å². The van der Waals surface area contributed by atoms with Gasteiger partial charge in [0.15, 0.2) is 0 Å². The van der Waals surface area contributed by atoms with Crippen LogP contribution in [0.15, 0.2) is 24.7 Å². The molecule has 8 heavy (non-hydrogen) atoms. The molecule has 0 aromatic heterocycles. The normalized spacial score (nSPS) is 11.1. The maximum absolute atomic E-state index is 12.1. The zero-order chi connectivity index (χ0) is 6.57. The minimum absolute atomic E-state index is 0.500. The lowest BCUT2D eigenvalue weighted by Crippen LogP contribution is -2.22. The second-order valence-corrected chi connectivity index (χ2v) is 1.34. The van der Waals surface area contributed by atoms with Gasteiger partial charge in [-0.1, -0.05) is 12.7 Å². The van der Waals surface area contributed by atoms with Gasteiger partial charge in [0, 0.05) is 7.05 Å². The molecule has 0 aliphatic rings. The van der Waals surface area contributed by atoms with Crippen molar-refractivity contribution < 1.29 is 4.39 Å². The second-order valence-electron chi connectivity index (χ2n) is 1.34. The third-order valence-electron chi connectivity index (χ3n) is 0.592. The minimum Gasteiger partial charge on any atom is -0.290 e. The molecule has 2 N–H and O–H groups in total. The summed E-state index contributed by atoms with van der Waals surface area (Å²) in [6.07, 6.45) is 2.51. The van der Waals surface area contributed by atoms with Crippen LogP contribution in [0.5, 0.6) is 0 Å². The Hall–Kier alpha value is -0.830. The van der Waals surface area contributed by atoms with Crippen LogP contribution in [0.1, 0.15) is 0 Å². The molecule has 0 heterocycles. The van der Waals surface area contributed by atoms with E-state index >= 15 is 0 Å². The molecular weight excluding hydrogens is 107 g/mol. The van der Waals surface area contributed by atoms with Gasteiger partial charge in [0.05, 0.1) is 0 Å². The molecule has 0 rings (SSSR count). The van der Waals surface area contributed by atoms with Gasteiger partial charge < -0.3 is 0 Å². The summed E-state index contributed by atoms with van der Waals surface area (Å²) in [5.74, 6) is 4.46. The SMILES string of the molecule is C=C/C=C(/F)N(C)N. The molecular formula is C5H9FN2. The van der Waals surface area contributed by atoms with Gasteiger partial charge in [-0.15, -0.1) is 0 Å². The predicted octanol–water partition coefficient (Wildman–Crippen LogP) is 0.789. The van der Waals surface area contributed by atoms with Crippen molar-refractivity contribution in [3.8, 4) is 0 Å². The molecule has 0 fully saturated rings. The Morgan fingerprint density at radius 1 is 1.88 bits per heavy atom. The quantitative estimate of drug-likeness (QED) is 0.250. The van der Waals surface area contributed by atoms with Crippen LogP contribution in [0, 0.1) is 0 Å². The summed E-state index contributed by atoms with van der Waals surface area (Å²) in [6.45, 7) is 3.28. The molecule has 0 unspecified atom stereocenters. The highest BCUT2D eigenvalue weighted by Gasteiger charge is 1.90. The van der Waals surface area contributed by atoms with Crippen molar-refractivity contribution in [2.24, 2.45) is 5.84 Å². The van der Waals surface area contributed by atoms with Crippen molar-refractivity contribution in [1.29, 1.82) is 0 Å². The smallest absolute Gasteiger partial charge is 0.203 e. The average Bonchev–Trinajstić information content (AvgIpc) is 1.67. The van der Waals surface area contributed by atoms with E-state index in [-0.39, 0.29) is 0 Å². The molecule has 0 spiro atoms. The summed E-state index contributed by atoms with van der Waals surface area (Å²) in [5.41, 5.74) is 0. The fraction of sp³-hybridized carbons (Fsp3) is 0.200. The number of hydrogen-bond acceptors (Lipinski definition) is 2. The molecule has 46 valence electrons. The number of nitrogens with two attached hydrogens (primary N) is 1. The van der Waals surface area contributed by atoms with E-state index in [1.54, 1.807) is 0 Å². The first-order valence-corrected chi connectivity index (χ1v) is 2.15. The molecule has 0 saturated heterocycles. The first-order chi connectivity index (χ1) is 3.68. The van der Waals surface area contributed by atoms with Gasteiger partial charge in [0.25, 0.3) is 0 Å². The third-order valence-corrected chi connectivity index (χ3v) is 0.592. The summed E-state index contributed by atoms with van der Waals surface area (Å²) >= 11 is 0. The Morgan fingerprint density at radius 2 is 2.38 bits per heavy atom. The van der Waals surface area contributed by atoms with Crippen molar-refractivity contribution >= 4 is 0 Å². The summed E-state index contributed by atoms with van der Waals surface area (Å²) in [7, 11) is 1.41. The molecule has 0 bridgehead atoms. The van der Waals surface area contributed by atoms with Gasteiger partial charge in [-0.2, -0.15) is 4.39 Å². The second kappa shape index (κ2) is 3.21. The molecule has 0 aromatic rings. The molecule has 2 nitrogen and oxygen atoms in total. The lowest BCUT2D eigenvalue weighted by molar-refractivity contribution is 0.330. The van der Waals surface area contributed by atoms with Gasteiger partial charge >= 0.3 is 0 Å². The van der Waals surface area contributed by atoms with Crippen LogP contribution in [0.2, 0.25) is 0 Å². The van der Waals surface area contributed by atoms with Crippen LogP contribution in [-0.4, -0.2) is 12.1 Å². The minimum atomic E-state index is -0.500. The number of hydrogen-bond donors (Lipinski definition) is 1. The van der Waals surface area contributed by atoms with Gasteiger partial charge in [-0.25, -0.2) is 5.84 Å². The Kier molecular flexibility index (Phi) is 2.88. The maximum atomic E-state index is 12.1. The van der Waals surface area contributed by atoms with Crippen molar-refractivity contribution in [3.63, 3.8) is 0 Å². The largest absolute Gasteiger partial charge is 0.290 e. The summed E-state index contributed by atoms with van der Waals surface area (Å²) < 4.78 is 12.1.